The molecule has 1 spiro atoms. The van der Waals surface area contributed by atoms with E-state index in [0.717, 1.165) is 32.1 Å². The van der Waals surface area contributed by atoms with Gasteiger partial charge in [0, 0.05) is 30.8 Å². The Morgan fingerprint density at radius 3 is 2.43 bits per heavy atom. The van der Waals surface area contributed by atoms with E-state index in [1.54, 1.807) is 0 Å². The molecular weight excluding hydrogens is 292 g/mol. The minimum Gasteiger partial charge on any atom is -0.348 e. The third kappa shape index (κ3) is 3.35. The number of carbonyl (C=O) groups excluding carboxylic acids is 1. The van der Waals surface area contributed by atoms with Crippen LogP contribution in [0.5, 0.6) is 0 Å². The molecule has 5 nitrogen and oxygen atoms in total. The average Bonchev–Trinajstić information content (AvgIpc) is 3.19. The van der Waals surface area contributed by atoms with Crippen molar-refractivity contribution in [3.8, 4) is 0 Å². The molecule has 2 atom stereocenters. The molecular formula is C18H24N2O3. The van der Waals surface area contributed by atoms with Crippen molar-refractivity contribution in [3.05, 3.63) is 35.9 Å². The first-order valence-corrected chi connectivity index (χ1v) is 8.64. The second kappa shape index (κ2) is 6.13. The maximum atomic E-state index is 12.2. The van der Waals surface area contributed by atoms with Crippen LogP contribution in [-0.2, 0) is 9.47 Å². The van der Waals surface area contributed by atoms with Crippen LogP contribution in [0.4, 0.5) is 4.79 Å². The third-order valence-corrected chi connectivity index (χ3v) is 5.23. The van der Waals surface area contributed by atoms with Gasteiger partial charge in [-0.2, -0.15) is 0 Å². The van der Waals surface area contributed by atoms with Crippen molar-refractivity contribution in [1.82, 2.24) is 10.6 Å². The number of urea groups is 1. The van der Waals surface area contributed by atoms with E-state index < -0.39 is 0 Å². The predicted molar refractivity (Wildman–Crippen MR) is 86.1 cm³/mol. The topological polar surface area (TPSA) is 59.6 Å². The van der Waals surface area contributed by atoms with E-state index in [1.807, 2.05) is 6.07 Å². The molecule has 2 aliphatic carbocycles. The molecule has 1 aromatic rings. The first-order chi connectivity index (χ1) is 11.2. The largest absolute Gasteiger partial charge is 0.348 e. The van der Waals surface area contributed by atoms with Gasteiger partial charge in [-0.15, -0.1) is 0 Å². The van der Waals surface area contributed by atoms with Crippen molar-refractivity contribution in [2.45, 2.75) is 55.9 Å². The average molecular weight is 316 g/mol. The van der Waals surface area contributed by atoms with E-state index in [-0.39, 0.29) is 23.9 Å². The van der Waals surface area contributed by atoms with Gasteiger partial charge in [-0.25, -0.2) is 4.79 Å². The summed E-state index contributed by atoms with van der Waals surface area (Å²) in [7, 11) is 0. The zero-order chi connectivity index (χ0) is 15.7. The zero-order valence-electron chi connectivity index (χ0n) is 13.3. The minimum atomic E-state index is -0.358. The Balaban J connectivity index is 1.21. The highest BCUT2D eigenvalue weighted by Crippen LogP contribution is 2.40. The van der Waals surface area contributed by atoms with E-state index in [2.05, 4.69) is 34.9 Å². The molecule has 2 N–H and O–H groups in total. The van der Waals surface area contributed by atoms with Gasteiger partial charge in [0.25, 0.3) is 0 Å². The molecule has 0 aromatic heterocycles. The second-order valence-corrected chi connectivity index (χ2v) is 6.86. The van der Waals surface area contributed by atoms with Crippen molar-refractivity contribution in [3.63, 3.8) is 0 Å². The van der Waals surface area contributed by atoms with Crippen molar-refractivity contribution in [2.75, 3.05) is 13.2 Å². The summed E-state index contributed by atoms with van der Waals surface area (Å²) in [5, 5.41) is 6.21. The Labute approximate surface area is 136 Å². The molecule has 2 amide bonds. The monoisotopic (exact) mass is 316 g/mol. The summed E-state index contributed by atoms with van der Waals surface area (Å²) in [6, 6.07) is 10.8. The van der Waals surface area contributed by atoms with Crippen LogP contribution in [0.2, 0.25) is 0 Å². The molecule has 3 aliphatic rings. The number of carbonyl (C=O) groups is 1. The lowest BCUT2D eigenvalue weighted by Crippen LogP contribution is -2.47. The lowest BCUT2D eigenvalue weighted by molar-refractivity contribution is -0.179. The number of nitrogens with one attached hydrogen (secondary N) is 2. The molecule has 0 unspecified atom stereocenters. The van der Waals surface area contributed by atoms with Crippen LogP contribution in [0.3, 0.4) is 0 Å². The molecule has 5 heteroatoms. The van der Waals surface area contributed by atoms with Crippen LogP contribution in [0.25, 0.3) is 0 Å². The molecule has 124 valence electrons. The Morgan fingerprint density at radius 2 is 1.74 bits per heavy atom. The van der Waals surface area contributed by atoms with Gasteiger partial charge in [-0.3, -0.25) is 0 Å². The Kier molecular flexibility index (Phi) is 3.99. The number of hydrogen-bond acceptors (Lipinski definition) is 3. The van der Waals surface area contributed by atoms with Crippen LogP contribution in [0.1, 0.15) is 43.6 Å². The summed E-state index contributed by atoms with van der Waals surface area (Å²) in [4.78, 5) is 12.2. The van der Waals surface area contributed by atoms with Crippen LogP contribution in [0.15, 0.2) is 30.3 Å². The van der Waals surface area contributed by atoms with E-state index in [9.17, 15) is 4.79 Å². The summed E-state index contributed by atoms with van der Waals surface area (Å²) < 4.78 is 11.4. The van der Waals surface area contributed by atoms with Crippen LogP contribution in [-0.4, -0.2) is 37.1 Å². The lowest BCUT2D eigenvalue weighted by Gasteiger charge is -2.35. The number of benzene rings is 1. The predicted octanol–water partition coefficient (Wildman–Crippen LogP) is 2.53. The minimum absolute atomic E-state index is 0.0392. The Hall–Kier alpha value is -1.59. The molecule has 3 fully saturated rings. The van der Waals surface area contributed by atoms with Gasteiger partial charge >= 0.3 is 6.03 Å². The van der Waals surface area contributed by atoms with Gasteiger partial charge < -0.3 is 20.1 Å². The maximum absolute atomic E-state index is 12.2. The molecule has 1 heterocycles. The van der Waals surface area contributed by atoms with Gasteiger partial charge in [0.15, 0.2) is 5.79 Å². The van der Waals surface area contributed by atoms with Crippen LogP contribution >= 0.6 is 0 Å². The standard InChI is InChI=1S/C18H24N2O3/c21-17(20-16-12-15(16)13-4-2-1-3-5-13)19-14-6-8-18(9-7-14)22-10-11-23-18/h1-5,14-16H,6-12H2,(H2,19,20,21)/t15-,16-/m0/s1. The highest BCUT2D eigenvalue weighted by atomic mass is 16.7. The number of amides is 2. The Bertz CT molecular complexity index is 547. The van der Waals surface area contributed by atoms with Gasteiger partial charge in [0.2, 0.25) is 0 Å². The van der Waals surface area contributed by atoms with Gasteiger partial charge in [-0.05, 0) is 24.8 Å². The van der Waals surface area contributed by atoms with E-state index in [0.29, 0.717) is 19.1 Å². The fourth-order valence-corrected chi connectivity index (χ4v) is 3.81. The fourth-order valence-electron chi connectivity index (χ4n) is 3.81. The fraction of sp³-hybridized carbons (Fsp3) is 0.611. The quantitative estimate of drug-likeness (QED) is 0.901. The molecule has 1 saturated heterocycles. The molecule has 23 heavy (non-hydrogen) atoms. The van der Waals surface area contributed by atoms with Gasteiger partial charge in [0.1, 0.15) is 0 Å². The van der Waals surface area contributed by atoms with Crippen molar-refractivity contribution in [2.24, 2.45) is 0 Å². The summed E-state index contributed by atoms with van der Waals surface area (Å²) in [5.41, 5.74) is 1.31. The highest BCUT2D eigenvalue weighted by molar-refractivity contribution is 5.75. The maximum Gasteiger partial charge on any atom is 0.315 e. The first kappa shape index (κ1) is 15.0. The summed E-state index contributed by atoms with van der Waals surface area (Å²) in [6.45, 7) is 1.39. The summed E-state index contributed by atoms with van der Waals surface area (Å²) >= 11 is 0. The molecule has 4 rings (SSSR count). The van der Waals surface area contributed by atoms with Crippen molar-refractivity contribution >= 4 is 6.03 Å². The first-order valence-electron chi connectivity index (χ1n) is 8.64. The molecule has 0 radical (unpaired) electrons. The van der Waals surface area contributed by atoms with Crippen molar-refractivity contribution < 1.29 is 14.3 Å². The number of ether oxygens (including phenoxy) is 2. The van der Waals surface area contributed by atoms with E-state index in [1.165, 1.54) is 5.56 Å². The number of rotatable bonds is 3. The SMILES string of the molecule is O=C(NC1CCC2(CC1)OCCO2)N[C@H]1C[C@H]1c1ccccc1. The van der Waals surface area contributed by atoms with Crippen molar-refractivity contribution in [1.29, 1.82) is 0 Å². The van der Waals surface area contributed by atoms with Gasteiger partial charge in [0.05, 0.1) is 13.2 Å². The second-order valence-electron chi connectivity index (χ2n) is 6.86. The smallest absolute Gasteiger partial charge is 0.315 e. The molecule has 0 bridgehead atoms. The number of hydrogen-bond donors (Lipinski definition) is 2. The lowest BCUT2D eigenvalue weighted by atomic mass is 9.90. The molecule has 1 aliphatic heterocycles. The van der Waals surface area contributed by atoms with Crippen LogP contribution < -0.4 is 10.6 Å². The van der Waals surface area contributed by atoms with E-state index >= 15 is 0 Å². The van der Waals surface area contributed by atoms with Gasteiger partial charge in [-0.1, -0.05) is 30.3 Å². The van der Waals surface area contributed by atoms with E-state index in [4.69, 9.17) is 9.47 Å². The highest BCUT2D eigenvalue weighted by Gasteiger charge is 2.42. The normalized spacial score (nSPS) is 29.4. The summed E-state index contributed by atoms with van der Waals surface area (Å²) in [5.74, 6) is 0.112. The molecule has 2 saturated carbocycles. The Morgan fingerprint density at radius 1 is 1.04 bits per heavy atom. The van der Waals surface area contributed by atoms with Crippen LogP contribution in [0, 0.1) is 0 Å². The third-order valence-electron chi connectivity index (χ3n) is 5.23. The summed E-state index contributed by atoms with van der Waals surface area (Å²) in [6.07, 6.45) is 4.61. The molecule has 1 aromatic carbocycles. The zero-order valence-corrected chi connectivity index (χ0v) is 13.3.